The van der Waals surface area contributed by atoms with Crippen LogP contribution in [0.1, 0.15) is 90.2 Å². The molecule has 0 fully saturated rings. The van der Waals surface area contributed by atoms with Crippen molar-refractivity contribution < 1.29 is 0 Å². The molecule has 0 aromatic heterocycles. The normalized spacial score (nSPS) is 11.6. The smallest absolute Gasteiger partial charge is 0.0239 e. The molecule has 2 aromatic carbocycles. The summed E-state index contributed by atoms with van der Waals surface area (Å²) in [4.78, 5) is 5.32. The fraction of sp³-hybridized carbons (Fsp3) is 0.600. The van der Waals surface area contributed by atoms with E-state index >= 15 is 0 Å². The van der Waals surface area contributed by atoms with E-state index < -0.39 is 0 Å². The number of nitrogens with zero attached hydrogens (tertiary/aromatic N) is 2. The number of hydrogen-bond donors (Lipinski definition) is 0. The molecule has 0 spiro atoms. The van der Waals surface area contributed by atoms with Crippen molar-refractivity contribution in [2.75, 3.05) is 26.2 Å². The van der Waals surface area contributed by atoms with Crippen LogP contribution in [0.3, 0.4) is 0 Å². The first-order chi connectivity index (χ1) is 15.7. The summed E-state index contributed by atoms with van der Waals surface area (Å²) < 4.78 is 0. The Labute approximate surface area is 199 Å². The summed E-state index contributed by atoms with van der Waals surface area (Å²) >= 11 is 0. The van der Waals surface area contributed by atoms with Gasteiger partial charge in [0.15, 0.2) is 0 Å². The molecule has 0 atom stereocenters. The second kappa shape index (κ2) is 16.0. The van der Waals surface area contributed by atoms with Crippen LogP contribution in [0.25, 0.3) is 11.1 Å². The van der Waals surface area contributed by atoms with E-state index in [2.05, 4.69) is 86.0 Å². The summed E-state index contributed by atoms with van der Waals surface area (Å²) in [5.41, 5.74) is 5.78. The molecule has 0 unspecified atom stereocenters. The van der Waals surface area contributed by atoms with Crippen molar-refractivity contribution in [2.45, 2.75) is 92.2 Å². The third-order valence-corrected chi connectivity index (χ3v) is 6.35. The maximum absolute atomic E-state index is 2.66. The molecule has 2 rings (SSSR count). The third kappa shape index (κ3) is 9.08. The van der Waals surface area contributed by atoms with Gasteiger partial charge in [-0.3, -0.25) is 9.80 Å². The Morgan fingerprint density at radius 2 is 0.875 bits per heavy atom. The molecule has 0 saturated carbocycles. The van der Waals surface area contributed by atoms with Crippen LogP contribution in [0.4, 0.5) is 0 Å². The summed E-state index contributed by atoms with van der Waals surface area (Å²) in [6.45, 7) is 16.1. The van der Waals surface area contributed by atoms with E-state index in [1.165, 1.54) is 99.8 Å². The standard InChI is InChI=1S/C30H48N2/c1-5-9-15-23-31(21-7-3)25-27-17-11-13-19-29(27)30-20-14-12-18-28(30)26-32(22-8-4)24-16-10-6-2/h11-14,17-20H,5-10,15-16,21-26H2,1-4H3. The zero-order valence-electron chi connectivity index (χ0n) is 21.4. The molecule has 0 radical (unpaired) electrons. The highest BCUT2D eigenvalue weighted by atomic mass is 15.1. The van der Waals surface area contributed by atoms with Crippen LogP contribution >= 0.6 is 0 Å². The van der Waals surface area contributed by atoms with Crippen LogP contribution in [0.2, 0.25) is 0 Å². The van der Waals surface area contributed by atoms with Crippen LogP contribution in [0.15, 0.2) is 48.5 Å². The van der Waals surface area contributed by atoms with Crippen LogP contribution in [0, 0.1) is 0 Å². The highest BCUT2D eigenvalue weighted by molar-refractivity contribution is 5.70. The second-order valence-corrected chi connectivity index (χ2v) is 9.28. The van der Waals surface area contributed by atoms with Crippen molar-refractivity contribution >= 4 is 0 Å². The molecule has 2 heteroatoms. The average Bonchev–Trinajstić information content (AvgIpc) is 2.80. The molecular weight excluding hydrogens is 388 g/mol. The molecule has 0 aliphatic carbocycles. The quantitative estimate of drug-likeness (QED) is 0.231. The molecule has 0 bridgehead atoms. The number of rotatable bonds is 17. The molecule has 32 heavy (non-hydrogen) atoms. The summed E-state index contributed by atoms with van der Waals surface area (Å²) in [5.74, 6) is 0. The van der Waals surface area contributed by atoms with Gasteiger partial charge in [-0.1, -0.05) is 102 Å². The van der Waals surface area contributed by atoms with Gasteiger partial charge in [-0.2, -0.15) is 0 Å². The topological polar surface area (TPSA) is 6.48 Å². The van der Waals surface area contributed by atoms with Gasteiger partial charge in [-0.15, -0.1) is 0 Å². The van der Waals surface area contributed by atoms with E-state index in [1.807, 2.05) is 0 Å². The fourth-order valence-corrected chi connectivity index (χ4v) is 4.67. The van der Waals surface area contributed by atoms with Crippen LogP contribution in [0.5, 0.6) is 0 Å². The lowest BCUT2D eigenvalue weighted by molar-refractivity contribution is 0.259. The number of benzene rings is 2. The number of hydrogen-bond acceptors (Lipinski definition) is 2. The first-order valence-corrected chi connectivity index (χ1v) is 13.3. The van der Waals surface area contributed by atoms with Crippen LogP contribution in [-0.2, 0) is 13.1 Å². The Bertz CT molecular complexity index is 676. The van der Waals surface area contributed by atoms with Crippen molar-refractivity contribution in [1.82, 2.24) is 9.80 Å². The SMILES string of the molecule is CCCCCN(CCC)Cc1ccccc1-c1ccccc1CN(CCC)CCCCC. The molecule has 2 aromatic rings. The van der Waals surface area contributed by atoms with Crippen LogP contribution < -0.4 is 0 Å². The summed E-state index contributed by atoms with van der Waals surface area (Å²) in [5, 5.41) is 0. The minimum atomic E-state index is 1.05. The fourth-order valence-electron chi connectivity index (χ4n) is 4.67. The van der Waals surface area contributed by atoms with Crippen molar-refractivity contribution in [2.24, 2.45) is 0 Å². The maximum atomic E-state index is 2.66. The van der Waals surface area contributed by atoms with E-state index in [4.69, 9.17) is 0 Å². The molecule has 0 saturated heterocycles. The van der Waals surface area contributed by atoms with E-state index in [9.17, 15) is 0 Å². The van der Waals surface area contributed by atoms with E-state index in [0.29, 0.717) is 0 Å². The number of unbranched alkanes of at least 4 members (excludes halogenated alkanes) is 4. The van der Waals surface area contributed by atoms with E-state index in [-0.39, 0.29) is 0 Å². The minimum absolute atomic E-state index is 1.05. The van der Waals surface area contributed by atoms with Gasteiger partial charge < -0.3 is 0 Å². The predicted octanol–water partition coefficient (Wildman–Crippen LogP) is 8.16. The Kier molecular flexibility index (Phi) is 13.3. The van der Waals surface area contributed by atoms with Crippen molar-refractivity contribution in [3.8, 4) is 11.1 Å². The van der Waals surface area contributed by atoms with Crippen molar-refractivity contribution in [1.29, 1.82) is 0 Å². The third-order valence-electron chi connectivity index (χ3n) is 6.35. The van der Waals surface area contributed by atoms with Crippen molar-refractivity contribution in [3.05, 3.63) is 59.7 Å². The lowest BCUT2D eigenvalue weighted by Crippen LogP contribution is -2.26. The zero-order valence-corrected chi connectivity index (χ0v) is 21.4. The van der Waals surface area contributed by atoms with Gasteiger partial charge in [-0.05, 0) is 74.1 Å². The van der Waals surface area contributed by atoms with Gasteiger partial charge in [0.2, 0.25) is 0 Å². The maximum Gasteiger partial charge on any atom is 0.0239 e. The van der Waals surface area contributed by atoms with Crippen LogP contribution in [-0.4, -0.2) is 36.0 Å². The molecule has 0 N–H and O–H groups in total. The zero-order chi connectivity index (χ0) is 23.0. The largest absolute Gasteiger partial charge is 0.299 e. The minimum Gasteiger partial charge on any atom is -0.299 e. The van der Waals surface area contributed by atoms with Gasteiger partial charge in [-0.25, -0.2) is 0 Å². The lowest BCUT2D eigenvalue weighted by Gasteiger charge is -2.25. The molecule has 178 valence electrons. The highest BCUT2D eigenvalue weighted by Crippen LogP contribution is 2.29. The average molecular weight is 437 g/mol. The molecule has 0 heterocycles. The summed E-state index contributed by atoms with van der Waals surface area (Å²) in [7, 11) is 0. The highest BCUT2D eigenvalue weighted by Gasteiger charge is 2.14. The lowest BCUT2D eigenvalue weighted by atomic mass is 9.94. The van der Waals surface area contributed by atoms with E-state index in [1.54, 1.807) is 0 Å². The Morgan fingerprint density at radius 3 is 1.25 bits per heavy atom. The summed E-state index contributed by atoms with van der Waals surface area (Å²) in [6.07, 6.45) is 10.3. The molecule has 0 aliphatic heterocycles. The summed E-state index contributed by atoms with van der Waals surface area (Å²) in [6, 6.07) is 18.2. The van der Waals surface area contributed by atoms with Gasteiger partial charge in [0.05, 0.1) is 0 Å². The monoisotopic (exact) mass is 436 g/mol. The van der Waals surface area contributed by atoms with Gasteiger partial charge in [0, 0.05) is 13.1 Å². The van der Waals surface area contributed by atoms with Gasteiger partial charge in [0.1, 0.15) is 0 Å². The molecule has 2 nitrogen and oxygen atoms in total. The predicted molar refractivity (Wildman–Crippen MR) is 142 cm³/mol. The Hall–Kier alpha value is -1.64. The first-order valence-electron chi connectivity index (χ1n) is 13.3. The first kappa shape index (κ1) is 26.6. The van der Waals surface area contributed by atoms with Gasteiger partial charge >= 0.3 is 0 Å². The Morgan fingerprint density at radius 1 is 0.469 bits per heavy atom. The van der Waals surface area contributed by atoms with E-state index in [0.717, 1.165) is 13.1 Å². The second-order valence-electron chi connectivity index (χ2n) is 9.28. The molecule has 0 amide bonds. The molecular formula is C30H48N2. The Balaban J connectivity index is 2.24. The van der Waals surface area contributed by atoms with Gasteiger partial charge in [0.25, 0.3) is 0 Å². The van der Waals surface area contributed by atoms with Crippen molar-refractivity contribution in [3.63, 3.8) is 0 Å². The molecule has 0 aliphatic rings.